The topological polar surface area (TPSA) is 35.9 Å². The zero-order valence-electron chi connectivity index (χ0n) is 13.5. The molecule has 2 rings (SSSR count). The van der Waals surface area contributed by atoms with Gasteiger partial charge in [-0.25, -0.2) is 0 Å². The highest BCUT2D eigenvalue weighted by atomic mass is 16.5. The number of aliphatic hydroxyl groups excluding tert-OH is 1. The van der Waals surface area contributed by atoms with Crippen LogP contribution < -0.4 is 4.74 Å². The SMILES string of the molecule is COc1ccccc1CN1CCN(C(C)C)C(CCO)C1. The van der Waals surface area contributed by atoms with Gasteiger partial charge in [-0.2, -0.15) is 0 Å². The Morgan fingerprint density at radius 2 is 2.05 bits per heavy atom. The van der Waals surface area contributed by atoms with Gasteiger partial charge in [-0.15, -0.1) is 0 Å². The number of piperazine rings is 1. The van der Waals surface area contributed by atoms with E-state index in [1.54, 1.807) is 7.11 Å². The maximum absolute atomic E-state index is 9.31. The van der Waals surface area contributed by atoms with Crippen LogP contribution in [0.2, 0.25) is 0 Å². The van der Waals surface area contributed by atoms with Crippen molar-refractivity contribution in [2.45, 2.75) is 38.9 Å². The molecule has 1 unspecified atom stereocenters. The Hall–Kier alpha value is -1.10. The lowest BCUT2D eigenvalue weighted by atomic mass is 10.1. The van der Waals surface area contributed by atoms with Crippen molar-refractivity contribution in [3.63, 3.8) is 0 Å². The summed E-state index contributed by atoms with van der Waals surface area (Å²) in [7, 11) is 1.73. The first-order chi connectivity index (χ1) is 10.2. The minimum absolute atomic E-state index is 0.260. The predicted molar refractivity (Wildman–Crippen MR) is 85.6 cm³/mol. The molecule has 0 saturated carbocycles. The lowest BCUT2D eigenvalue weighted by molar-refractivity contribution is 0.0346. The molecule has 1 N–H and O–H groups in total. The third-order valence-corrected chi connectivity index (χ3v) is 4.32. The predicted octanol–water partition coefficient (Wildman–Crippen LogP) is 1.97. The molecule has 1 aliphatic heterocycles. The van der Waals surface area contributed by atoms with E-state index in [0.717, 1.165) is 38.3 Å². The van der Waals surface area contributed by atoms with E-state index in [0.29, 0.717) is 12.1 Å². The van der Waals surface area contributed by atoms with Crippen molar-refractivity contribution < 1.29 is 9.84 Å². The second-order valence-electron chi connectivity index (χ2n) is 6.04. The van der Waals surface area contributed by atoms with Gasteiger partial charge in [-0.1, -0.05) is 18.2 Å². The number of ether oxygens (including phenoxy) is 1. The van der Waals surface area contributed by atoms with E-state index >= 15 is 0 Å². The molecule has 0 amide bonds. The monoisotopic (exact) mass is 292 g/mol. The van der Waals surface area contributed by atoms with Crippen LogP contribution in [-0.4, -0.2) is 60.3 Å². The van der Waals surface area contributed by atoms with Crippen molar-refractivity contribution in [1.29, 1.82) is 0 Å². The minimum atomic E-state index is 0.260. The van der Waals surface area contributed by atoms with Gasteiger partial charge in [-0.3, -0.25) is 9.80 Å². The molecule has 1 atom stereocenters. The number of hydrogen-bond donors (Lipinski definition) is 1. The second-order valence-corrected chi connectivity index (χ2v) is 6.04. The Kier molecular flexibility index (Phi) is 6.03. The quantitative estimate of drug-likeness (QED) is 0.869. The van der Waals surface area contributed by atoms with Crippen molar-refractivity contribution in [3.05, 3.63) is 29.8 Å². The summed E-state index contributed by atoms with van der Waals surface area (Å²) in [5.41, 5.74) is 1.24. The van der Waals surface area contributed by atoms with Crippen molar-refractivity contribution >= 4 is 0 Å². The van der Waals surface area contributed by atoms with Crippen molar-refractivity contribution in [3.8, 4) is 5.75 Å². The summed E-state index contributed by atoms with van der Waals surface area (Å²) in [5.74, 6) is 0.961. The number of para-hydroxylation sites is 1. The first-order valence-electron chi connectivity index (χ1n) is 7.86. The van der Waals surface area contributed by atoms with Crippen LogP contribution in [0, 0.1) is 0 Å². The van der Waals surface area contributed by atoms with Crippen LogP contribution in [0.5, 0.6) is 5.75 Å². The van der Waals surface area contributed by atoms with Gasteiger partial charge in [0, 0.05) is 50.4 Å². The summed E-state index contributed by atoms with van der Waals surface area (Å²) in [4.78, 5) is 4.98. The largest absolute Gasteiger partial charge is 0.496 e. The highest BCUT2D eigenvalue weighted by Gasteiger charge is 2.28. The number of aliphatic hydroxyl groups is 1. The first-order valence-corrected chi connectivity index (χ1v) is 7.86. The highest BCUT2D eigenvalue weighted by Crippen LogP contribution is 2.22. The summed E-state index contributed by atoms with van der Waals surface area (Å²) in [6, 6.07) is 9.20. The normalized spacial score (nSPS) is 20.9. The fourth-order valence-electron chi connectivity index (χ4n) is 3.24. The summed E-state index contributed by atoms with van der Waals surface area (Å²) in [5, 5.41) is 9.31. The van der Waals surface area contributed by atoms with E-state index in [2.05, 4.69) is 35.8 Å². The van der Waals surface area contributed by atoms with Gasteiger partial charge in [0.05, 0.1) is 7.11 Å². The van der Waals surface area contributed by atoms with Crippen molar-refractivity contribution in [2.75, 3.05) is 33.4 Å². The maximum Gasteiger partial charge on any atom is 0.123 e. The number of nitrogens with zero attached hydrogens (tertiary/aromatic N) is 2. The molecule has 4 heteroatoms. The summed E-state index contributed by atoms with van der Waals surface area (Å²) in [6.45, 7) is 8.79. The molecule has 21 heavy (non-hydrogen) atoms. The zero-order valence-corrected chi connectivity index (χ0v) is 13.5. The average molecular weight is 292 g/mol. The molecule has 1 aliphatic rings. The van der Waals surface area contributed by atoms with E-state index in [1.165, 1.54) is 5.56 Å². The number of benzene rings is 1. The molecule has 0 spiro atoms. The molecule has 0 bridgehead atoms. The van der Waals surface area contributed by atoms with Crippen molar-refractivity contribution in [1.82, 2.24) is 9.80 Å². The van der Waals surface area contributed by atoms with Gasteiger partial charge in [0.25, 0.3) is 0 Å². The molecule has 1 heterocycles. The maximum atomic E-state index is 9.31. The Balaban J connectivity index is 2.02. The van der Waals surface area contributed by atoms with Gasteiger partial charge in [0.1, 0.15) is 5.75 Å². The lowest BCUT2D eigenvalue weighted by Crippen LogP contribution is -2.55. The number of methoxy groups -OCH3 is 1. The molecular weight excluding hydrogens is 264 g/mol. The lowest BCUT2D eigenvalue weighted by Gasteiger charge is -2.43. The van der Waals surface area contributed by atoms with Gasteiger partial charge in [-0.05, 0) is 26.3 Å². The van der Waals surface area contributed by atoms with Gasteiger partial charge >= 0.3 is 0 Å². The van der Waals surface area contributed by atoms with Crippen LogP contribution in [0.4, 0.5) is 0 Å². The number of rotatable bonds is 6. The summed E-state index contributed by atoms with van der Waals surface area (Å²) in [6.07, 6.45) is 0.848. The standard InChI is InChI=1S/C17H28N2O2/c1-14(2)19-10-9-18(13-16(19)8-11-20)12-15-6-4-5-7-17(15)21-3/h4-7,14,16,20H,8-13H2,1-3H3. The highest BCUT2D eigenvalue weighted by molar-refractivity contribution is 5.33. The van der Waals surface area contributed by atoms with Crippen LogP contribution in [0.25, 0.3) is 0 Å². The fourth-order valence-corrected chi connectivity index (χ4v) is 3.24. The smallest absolute Gasteiger partial charge is 0.123 e. The second kappa shape index (κ2) is 7.78. The molecule has 0 radical (unpaired) electrons. The molecule has 0 aliphatic carbocycles. The van der Waals surface area contributed by atoms with Gasteiger partial charge in [0.2, 0.25) is 0 Å². The Morgan fingerprint density at radius 1 is 1.29 bits per heavy atom. The van der Waals surface area contributed by atoms with Crippen LogP contribution >= 0.6 is 0 Å². The van der Waals surface area contributed by atoms with Gasteiger partial charge < -0.3 is 9.84 Å². The van der Waals surface area contributed by atoms with E-state index in [-0.39, 0.29) is 6.61 Å². The van der Waals surface area contributed by atoms with E-state index in [1.807, 2.05) is 12.1 Å². The van der Waals surface area contributed by atoms with Gasteiger partial charge in [0.15, 0.2) is 0 Å². The van der Waals surface area contributed by atoms with E-state index in [4.69, 9.17) is 4.74 Å². The van der Waals surface area contributed by atoms with Crippen LogP contribution in [0.3, 0.4) is 0 Å². The van der Waals surface area contributed by atoms with E-state index in [9.17, 15) is 5.11 Å². The fraction of sp³-hybridized carbons (Fsp3) is 0.647. The van der Waals surface area contributed by atoms with E-state index < -0.39 is 0 Å². The third kappa shape index (κ3) is 4.19. The molecule has 4 nitrogen and oxygen atoms in total. The summed E-state index contributed by atoms with van der Waals surface area (Å²) >= 11 is 0. The molecule has 1 saturated heterocycles. The first kappa shape index (κ1) is 16.3. The third-order valence-electron chi connectivity index (χ3n) is 4.32. The Labute approximate surface area is 128 Å². The average Bonchev–Trinajstić information content (AvgIpc) is 2.48. The molecule has 1 fully saturated rings. The number of hydrogen-bond acceptors (Lipinski definition) is 4. The van der Waals surface area contributed by atoms with Crippen molar-refractivity contribution in [2.24, 2.45) is 0 Å². The van der Waals surface area contributed by atoms with Crippen LogP contribution in [-0.2, 0) is 6.54 Å². The molecular formula is C17H28N2O2. The minimum Gasteiger partial charge on any atom is -0.496 e. The summed E-state index contributed by atoms with van der Waals surface area (Å²) < 4.78 is 5.44. The molecule has 0 aromatic heterocycles. The van der Waals surface area contributed by atoms with Crippen LogP contribution in [0.15, 0.2) is 24.3 Å². The Morgan fingerprint density at radius 3 is 2.71 bits per heavy atom. The Bertz CT molecular complexity index is 437. The zero-order chi connectivity index (χ0) is 15.2. The molecule has 1 aromatic carbocycles. The molecule has 118 valence electrons. The molecule has 1 aromatic rings. The van der Waals surface area contributed by atoms with Crippen LogP contribution in [0.1, 0.15) is 25.8 Å².